The lowest BCUT2D eigenvalue weighted by atomic mass is 10.2. The van der Waals surface area contributed by atoms with Gasteiger partial charge in [-0.2, -0.15) is 0 Å². The second kappa shape index (κ2) is 4.77. The summed E-state index contributed by atoms with van der Waals surface area (Å²) in [5.41, 5.74) is 9.99. The average molecular weight is 213 g/mol. The molecule has 0 saturated heterocycles. The van der Waals surface area contributed by atoms with Crippen LogP contribution in [0.25, 0.3) is 0 Å². The number of hydrogen-bond donors (Lipinski definition) is 2. The molecular formula is C13H15N3. The fraction of sp³-hybridized carbons (Fsp3) is 0.154. The Balaban J connectivity index is 2.23. The van der Waals surface area contributed by atoms with Crippen LogP contribution in [0.15, 0.2) is 42.7 Å². The molecule has 3 heteroatoms. The molecule has 0 amide bonds. The Morgan fingerprint density at radius 3 is 2.62 bits per heavy atom. The summed E-state index contributed by atoms with van der Waals surface area (Å²) < 4.78 is 0. The smallest absolute Gasteiger partial charge is 0.0460 e. The standard InChI is InChI=1S/C13H15N3/c1-10-2-4-12(5-3-10)16-13-6-7-15-9-11(13)8-14/h2-7,9H,8,14H2,1H3,(H,15,16). The molecule has 0 fully saturated rings. The van der Waals surface area contributed by atoms with Gasteiger partial charge in [0.15, 0.2) is 0 Å². The molecule has 3 nitrogen and oxygen atoms in total. The van der Waals surface area contributed by atoms with Crippen LogP contribution in [0.4, 0.5) is 11.4 Å². The minimum absolute atomic E-state index is 0.488. The van der Waals surface area contributed by atoms with E-state index in [0.717, 1.165) is 16.9 Å². The zero-order valence-electron chi connectivity index (χ0n) is 9.27. The topological polar surface area (TPSA) is 50.9 Å². The zero-order chi connectivity index (χ0) is 11.4. The van der Waals surface area contributed by atoms with E-state index in [9.17, 15) is 0 Å². The van der Waals surface area contributed by atoms with Gasteiger partial charge >= 0.3 is 0 Å². The van der Waals surface area contributed by atoms with Crippen molar-refractivity contribution in [2.75, 3.05) is 5.32 Å². The minimum Gasteiger partial charge on any atom is -0.355 e. The average Bonchev–Trinajstić information content (AvgIpc) is 2.33. The summed E-state index contributed by atoms with van der Waals surface area (Å²) in [5.74, 6) is 0. The lowest BCUT2D eigenvalue weighted by Crippen LogP contribution is -2.02. The second-order valence-electron chi connectivity index (χ2n) is 3.73. The van der Waals surface area contributed by atoms with Crippen molar-refractivity contribution in [2.45, 2.75) is 13.5 Å². The highest BCUT2D eigenvalue weighted by molar-refractivity contribution is 5.62. The van der Waals surface area contributed by atoms with Gasteiger partial charge in [0.25, 0.3) is 0 Å². The van der Waals surface area contributed by atoms with Crippen molar-refractivity contribution in [3.63, 3.8) is 0 Å². The van der Waals surface area contributed by atoms with E-state index in [0.29, 0.717) is 6.54 Å². The molecule has 0 bridgehead atoms. The number of hydrogen-bond acceptors (Lipinski definition) is 3. The first-order chi connectivity index (χ1) is 7.79. The lowest BCUT2D eigenvalue weighted by molar-refractivity contribution is 1.05. The molecular weight excluding hydrogens is 198 g/mol. The van der Waals surface area contributed by atoms with Crippen LogP contribution in [0.2, 0.25) is 0 Å². The summed E-state index contributed by atoms with van der Waals surface area (Å²) in [6.07, 6.45) is 3.55. The number of aryl methyl sites for hydroxylation is 1. The SMILES string of the molecule is Cc1ccc(Nc2ccncc2CN)cc1. The van der Waals surface area contributed by atoms with Crippen molar-refractivity contribution in [3.05, 3.63) is 53.9 Å². The van der Waals surface area contributed by atoms with E-state index in [1.807, 2.05) is 6.07 Å². The highest BCUT2D eigenvalue weighted by Crippen LogP contribution is 2.19. The van der Waals surface area contributed by atoms with Gasteiger partial charge < -0.3 is 11.1 Å². The molecule has 0 radical (unpaired) electrons. The fourth-order valence-electron chi connectivity index (χ4n) is 1.50. The molecule has 1 aromatic carbocycles. The van der Waals surface area contributed by atoms with Crippen LogP contribution in [0.5, 0.6) is 0 Å². The number of rotatable bonds is 3. The molecule has 0 saturated carbocycles. The van der Waals surface area contributed by atoms with Crippen molar-refractivity contribution >= 4 is 11.4 Å². The third kappa shape index (κ3) is 2.38. The molecule has 0 aliphatic carbocycles. The number of anilines is 2. The zero-order valence-corrected chi connectivity index (χ0v) is 9.27. The molecule has 16 heavy (non-hydrogen) atoms. The van der Waals surface area contributed by atoms with E-state index in [-0.39, 0.29) is 0 Å². The van der Waals surface area contributed by atoms with Crippen molar-refractivity contribution < 1.29 is 0 Å². The van der Waals surface area contributed by atoms with Crippen molar-refractivity contribution in [1.29, 1.82) is 0 Å². The maximum atomic E-state index is 5.65. The molecule has 2 rings (SSSR count). The molecule has 0 spiro atoms. The summed E-state index contributed by atoms with van der Waals surface area (Å²) in [4.78, 5) is 4.05. The van der Waals surface area contributed by atoms with E-state index in [1.54, 1.807) is 12.4 Å². The predicted octanol–water partition coefficient (Wildman–Crippen LogP) is 2.59. The summed E-state index contributed by atoms with van der Waals surface area (Å²) in [5, 5.41) is 3.33. The van der Waals surface area contributed by atoms with Crippen molar-refractivity contribution in [2.24, 2.45) is 5.73 Å². The fourth-order valence-corrected chi connectivity index (χ4v) is 1.50. The summed E-state index contributed by atoms with van der Waals surface area (Å²) in [6.45, 7) is 2.56. The Kier molecular flexibility index (Phi) is 3.17. The number of nitrogens with two attached hydrogens (primary N) is 1. The molecule has 0 atom stereocenters. The highest BCUT2D eigenvalue weighted by atomic mass is 14.9. The number of benzene rings is 1. The van der Waals surface area contributed by atoms with E-state index < -0.39 is 0 Å². The Morgan fingerprint density at radius 1 is 1.19 bits per heavy atom. The molecule has 3 N–H and O–H groups in total. The number of nitrogens with one attached hydrogen (secondary N) is 1. The normalized spacial score (nSPS) is 10.1. The minimum atomic E-state index is 0.488. The Morgan fingerprint density at radius 2 is 1.94 bits per heavy atom. The summed E-state index contributed by atoms with van der Waals surface area (Å²) >= 11 is 0. The van der Waals surface area contributed by atoms with E-state index in [4.69, 9.17) is 5.73 Å². The third-order valence-electron chi connectivity index (χ3n) is 2.45. The molecule has 1 heterocycles. The molecule has 0 aliphatic rings. The van der Waals surface area contributed by atoms with Gasteiger partial charge in [-0.3, -0.25) is 4.98 Å². The van der Waals surface area contributed by atoms with Crippen LogP contribution >= 0.6 is 0 Å². The third-order valence-corrected chi connectivity index (χ3v) is 2.45. The van der Waals surface area contributed by atoms with Gasteiger partial charge in [0.2, 0.25) is 0 Å². The van der Waals surface area contributed by atoms with Crippen LogP contribution < -0.4 is 11.1 Å². The van der Waals surface area contributed by atoms with E-state index in [2.05, 4.69) is 41.5 Å². The van der Waals surface area contributed by atoms with Gasteiger partial charge in [0, 0.05) is 35.9 Å². The van der Waals surface area contributed by atoms with Crippen LogP contribution in [-0.2, 0) is 6.54 Å². The monoisotopic (exact) mass is 213 g/mol. The lowest BCUT2D eigenvalue weighted by Gasteiger charge is -2.10. The van der Waals surface area contributed by atoms with Gasteiger partial charge in [-0.1, -0.05) is 17.7 Å². The molecule has 0 aliphatic heterocycles. The first kappa shape index (κ1) is 10.6. The largest absolute Gasteiger partial charge is 0.355 e. The van der Waals surface area contributed by atoms with Crippen LogP contribution in [0, 0.1) is 6.92 Å². The van der Waals surface area contributed by atoms with Gasteiger partial charge in [-0.05, 0) is 25.1 Å². The van der Waals surface area contributed by atoms with E-state index >= 15 is 0 Å². The van der Waals surface area contributed by atoms with Gasteiger partial charge in [-0.15, -0.1) is 0 Å². The first-order valence-electron chi connectivity index (χ1n) is 5.26. The summed E-state index contributed by atoms with van der Waals surface area (Å²) in [7, 11) is 0. The number of nitrogens with zero attached hydrogens (tertiary/aromatic N) is 1. The Hall–Kier alpha value is -1.87. The van der Waals surface area contributed by atoms with Gasteiger partial charge in [-0.25, -0.2) is 0 Å². The quantitative estimate of drug-likeness (QED) is 0.824. The molecule has 82 valence electrons. The van der Waals surface area contributed by atoms with Crippen molar-refractivity contribution in [1.82, 2.24) is 4.98 Å². The number of pyridine rings is 1. The maximum Gasteiger partial charge on any atom is 0.0460 e. The van der Waals surface area contributed by atoms with Crippen LogP contribution in [0.1, 0.15) is 11.1 Å². The molecule has 0 unspecified atom stereocenters. The van der Waals surface area contributed by atoms with Crippen LogP contribution in [0.3, 0.4) is 0 Å². The molecule has 1 aromatic heterocycles. The highest BCUT2D eigenvalue weighted by Gasteiger charge is 2.00. The maximum absolute atomic E-state index is 5.65. The predicted molar refractivity (Wildman–Crippen MR) is 66.6 cm³/mol. The van der Waals surface area contributed by atoms with E-state index in [1.165, 1.54) is 5.56 Å². The Labute approximate surface area is 95.3 Å². The molecule has 2 aromatic rings. The second-order valence-corrected chi connectivity index (χ2v) is 3.73. The summed E-state index contributed by atoms with van der Waals surface area (Å²) in [6, 6.07) is 10.2. The van der Waals surface area contributed by atoms with Crippen molar-refractivity contribution in [3.8, 4) is 0 Å². The van der Waals surface area contributed by atoms with Gasteiger partial charge in [0.05, 0.1) is 0 Å². The Bertz CT molecular complexity index is 463. The number of aromatic nitrogens is 1. The first-order valence-corrected chi connectivity index (χ1v) is 5.26. The van der Waals surface area contributed by atoms with Crippen LogP contribution in [-0.4, -0.2) is 4.98 Å². The van der Waals surface area contributed by atoms with Gasteiger partial charge in [0.1, 0.15) is 0 Å².